The molecule has 1 aromatic heterocycles. The molecule has 2 heterocycles. The topological polar surface area (TPSA) is 60.9 Å². The Kier molecular flexibility index (Phi) is 5.79. The highest BCUT2D eigenvalue weighted by molar-refractivity contribution is 7.91. The van der Waals surface area contributed by atoms with Crippen molar-refractivity contribution in [3.8, 4) is 0 Å². The highest BCUT2D eigenvalue weighted by atomic mass is 32.2. The number of nitrogens with zero attached hydrogens (tertiary/aromatic N) is 2. The fraction of sp³-hybridized carbons (Fsp3) is 0.714. The molecule has 2 rings (SSSR count). The standard InChI is InChI=1S/C14H24N2O3S2/c1-15(2)11-12-5-8-16(9-6-12)21(18,19)14-4-3-13(20-14)7-10-17/h3-4,12,17H,5-11H2,1-2H3. The third-order valence-corrected chi connectivity index (χ3v) is 7.30. The number of sulfonamides is 1. The van der Waals surface area contributed by atoms with Gasteiger partial charge in [0.25, 0.3) is 10.0 Å². The summed E-state index contributed by atoms with van der Waals surface area (Å²) in [6.07, 6.45) is 2.36. The first-order valence-electron chi connectivity index (χ1n) is 7.28. The number of aliphatic hydroxyl groups excluding tert-OH is 1. The molecule has 0 saturated carbocycles. The Labute approximate surface area is 131 Å². The van der Waals surface area contributed by atoms with E-state index in [2.05, 4.69) is 19.0 Å². The molecule has 7 heteroatoms. The zero-order chi connectivity index (χ0) is 15.5. The molecule has 0 atom stereocenters. The van der Waals surface area contributed by atoms with Gasteiger partial charge in [0, 0.05) is 37.5 Å². The molecule has 1 aliphatic rings. The summed E-state index contributed by atoms with van der Waals surface area (Å²) in [6, 6.07) is 3.46. The molecule has 0 radical (unpaired) electrons. The van der Waals surface area contributed by atoms with Crippen molar-refractivity contribution in [2.75, 3.05) is 40.3 Å². The minimum atomic E-state index is -3.35. The second-order valence-corrected chi connectivity index (χ2v) is 9.14. The first-order chi connectivity index (χ1) is 9.93. The van der Waals surface area contributed by atoms with Gasteiger partial charge in [0.15, 0.2) is 0 Å². The van der Waals surface area contributed by atoms with Crippen LogP contribution in [0.5, 0.6) is 0 Å². The summed E-state index contributed by atoms with van der Waals surface area (Å²) in [5, 5.41) is 8.92. The first kappa shape index (κ1) is 16.9. The van der Waals surface area contributed by atoms with Crippen LogP contribution in [0, 0.1) is 5.92 Å². The van der Waals surface area contributed by atoms with Gasteiger partial charge in [-0.3, -0.25) is 0 Å². The van der Waals surface area contributed by atoms with Crippen LogP contribution in [0.4, 0.5) is 0 Å². The van der Waals surface area contributed by atoms with Crippen molar-refractivity contribution in [2.45, 2.75) is 23.5 Å². The SMILES string of the molecule is CN(C)CC1CCN(S(=O)(=O)c2ccc(CCO)s2)CC1. The van der Waals surface area contributed by atoms with Crippen LogP contribution in [0.1, 0.15) is 17.7 Å². The molecule has 120 valence electrons. The molecular formula is C14H24N2O3S2. The van der Waals surface area contributed by atoms with Crippen molar-refractivity contribution in [1.29, 1.82) is 0 Å². The van der Waals surface area contributed by atoms with E-state index in [-0.39, 0.29) is 6.61 Å². The summed E-state index contributed by atoms with van der Waals surface area (Å²) in [5.74, 6) is 0.583. The Morgan fingerprint density at radius 3 is 2.57 bits per heavy atom. The molecule has 0 amide bonds. The summed E-state index contributed by atoms with van der Waals surface area (Å²) < 4.78 is 27.2. The van der Waals surface area contributed by atoms with E-state index in [4.69, 9.17) is 5.11 Å². The molecule has 1 N–H and O–H groups in total. The Hall–Kier alpha value is -0.470. The fourth-order valence-electron chi connectivity index (χ4n) is 2.72. The maximum absolute atomic E-state index is 12.6. The van der Waals surface area contributed by atoms with Crippen LogP contribution in [-0.2, 0) is 16.4 Å². The van der Waals surface area contributed by atoms with Crippen LogP contribution in [0.25, 0.3) is 0 Å². The number of hydrogen-bond donors (Lipinski definition) is 1. The zero-order valence-corrected chi connectivity index (χ0v) is 14.3. The van der Waals surface area contributed by atoms with Crippen LogP contribution >= 0.6 is 11.3 Å². The molecular weight excluding hydrogens is 308 g/mol. The average molecular weight is 332 g/mol. The maximum atomic E-state index is 12.6. The minimum absolute atomic E-state index is 0.0515. The lowest BCUT2D eigenvalue weighted by atomic mass is 9.98. The lowest BCUT2D eigenvalue weighted by Crippen LogP contribution is -2.40. The van der Waals surface area contributed by atoms with Gasteiger partial charge in [-0.25, -0.2) is 8.42 Å². The van der Waals surface area contributed by atoms with E-state index in [0.717, 1.165) is 24.3 Å². The molecule has 1 saturated heterocycles. The van der Waals surface area contributed by atoms with Gasteiger partial charge in [0.1, 0.15) is 4.21 Å². The van der Waals surface area contributed by atoms with E-state index in [1.54, 1.807) is 16.4 Å². The van der Waals surface area contributed by atoms with E-state index in [1.807, 2.05) is 0 Å². The predicted octanol–water partition coefficient (Wildman–Crippen LogP) is 1.25. The minimum Gasteiger partial charge on any atom is -0.396 e. The van der Waals surface area contributed by atoms with Crippen molar-refractivity contribution in [2.24, 2.45) is 5.92 Å². The van der Waals surface area contributed by atoms with Gasteiger partial charge in [-0.2, -0.15) is 4.31 Å². The fourth-order valence-corrected chi connectivity index (χ4v) is 5.69. The smallest absolute Gasteiger partial charge is 0.252 e. The van der Waals surface area contributed by atoms with Crippen LogP contribution in [-0.4, -0.2) is 63.1 Å². The van der Waals surface area contributed by atoms with Gasteiger partial charge in [0.2, 0.25) is 0 Å². The summed E-state index contributed by atoms with van der Waals surface area (Å²) in [5.41, 5.74) is 0. The van der Waals surface area contributed by atoms with Crippen LogP contribution in [0.15, 0.2) is 16.3 Å². The Morgan fingerprint density at radius 2 is 2.00 bits per heavy atom. The molecule has 1 aliphatic heterocycles. The Balaban J connectivity index is 2.00. The molecule has 21 heavy (non-hydrogen) atoms. The summed E-state index contributed by atoms with van der Waals surface area (Å²) in [6.45, 7) is 2.28. The van der Waals surface area contributed by atoms with Crippen molar-refractivity contribution in [1.82, 2.24) is 9.21 Å². The largest absolute Gasteiger partial charge is 0.396 e. The molecule has 0 aliphatic carbocycles. The second-order valence-electron chi connectivity index (χ2n) is 5.80. The molecule has 1 fully saturated rings. The van der Waals surface area contributed by atoms with E-state index >= 15 is 0 Å². The van der Waals surface area contributed by atoms with Gasteiger partial charge in [-0.15, -0.1) is 11.3 Å². The lowest BCUT2D eigenvalue weighted by molar-refractivity contribution is 0.225. The van der Waals surface area contributed by atoms with E-state index < -0.39 is 10.0 Å². The number of aliphatic hydroxyl groups is 1. The zero-order valence-electron chi connectivity index (χ0n) is 12.7. The monoisotopic (exact) mass is 332 g/mol. The van der Waals surface area contributed by atoms with Crippen LogP contribution < -0.4 is 0 Å². The maximum Gasteiger partial charge on any atom is 0.252 e. The van der Waals surface area contributed by atoms with Crippen molar-refractivity contribution in [3.05, 3.63) is 17.0 Å². The molecule has 0 aromatic carbocycles. The van der Waals surface area contributed by atoms with Crippen molar-refractivity contribution < 1.29 is 13.5 Å². The number of rotatable bonds is 6. The molecule has 0 bridgehead atoms. The number of hydrogen-bond acceptors (Lipinski definition) is 5. The molecule has 5 nitrogen and oxygen atoms in total. The highest BCUT2D eigenvalue weighted by Crippen LogP contribution is 2.28. The van der Waals surface area contributed by atoms with E-state index in [9.17, 15) is 8.42 Å². The third-order valence-electron chi connectivity index (χ3n) is 3.79. The summed E-state index contributed by atoms with van der Waals surface area (Å²) in [4.78, 5) is 3.08. The number of thiophene rings is 1. The lowest BCUT2D eigenvalue weighted by Gasteiger charge is -2.32. The normalized spacial score (nSPS) is 18.5. The van der Waals surface area contributed by atoms with Gasteiger partial charge in [-0.05, 0) is 45.0 Å². The first-order valence-corrected chi connectivity index (χ1v) is 9.53. The molecule has 0 spiro atoms. The van der Waals surface area contributed by atoms with E-state index in [0.29, 0.717) is 29.6 Å². The Morgan fingerprint density at radius 1 is 1.33 bits per heavy atom. The van der Waals surface area contributed by atoms with E-state index in [1.165, 1.54) is 11.3 Å². The molecule has 0 unspecified atom stereocenters. The van der Waals surface area contributed by atoms with Gasteiger partial charge in [0.05, 0.1) is 0 Å². The second kappa shape index (κ2) is 7.19. The average Bonchev–Trinajstić information content (AvgIpc) is 2.88. The van der Waals surface area contributed by atoms with Gasteiger partial charge < -0.3 is 10.0 Å². The predicted molar refractivity (Wildman–Crippen MR) is 85.1 cm³/mol. The summed E-state index contributed by atoms with van der Waals surface area (Å²) >= 11 is 1.27. The van der Waals surface area contributed by atoms with Crippen LogP contribution in [0.3, 0.4) is 0 Å². The number of piperidine rings is 1. The third kappa shape index (κ3) is 4.26. The Bertz CT molecular complexity index is 546. The van der Waals surface area contributed by atoms with Gasteiger partial charge in [-0.1, -0.05) is 0 Å². The highest BCUT2D eigenvalue weighted by Gasteiger charge is 2.30. The quantitative estimate of drug-likeness (QED) is 0.852. The van der Waals surface area contributed by atoms with Gasteiger partial charge >= 0.3 is 0 Å². The molecule has 1 aromatic rings. The van der Waals surface area contributed by atoms with Crippen molar-refractivity contribution in [3.63, 3.8) is 0 Å². The van der Waals surface area contributed by atoms with Crippen LogP contribution in [0.2, 0.25) is 0 Å². The van der Waals surface area contributed by atoms with Crippen molar-refractivity contribution >= 4 is 21.4 Å². The summed E-state index contributed by atoms with van der Waals surface area (Å²) in [7, 11) is 0.751.